The lowest BCUT2D eigenvalue weighted by atomic mass is 9.81. The standard InChI is InChI=1S/C16H28NO4P/c1-12-8-9-14(16(2,3)4)13(10-12)15(11-17(5,6)7)21-22(18,19)20/h8-10,15H,11H2,1-7H3,(H-,18,19,20)/p+1. The highest BCUT2D eigenvalue weighted by Crippen LogP contribution is 2.44. The average Bonchev–Trinajstić information content (AvgIpc) is 2.22. The van der Waals surface area contributed by atoms with E-state index in [1.54, 1.807) is 0 Å². The summed E-state index contributed by atoms with van der Waals surface area (Å²) in [4.78, 5) is 18.6. The second kappa shape index (κ2) is 6.42. The third-order valence-corrected chi connectivity index (χ3v) is 3.87. The fourth-order valence-electron chi connectivity index (χ4n) is 2.48. The number of hydrogen-bond donors (Lipinski definition) is 2. The van der Waals surface area contributed by atoms with Gasteiger partial charge in [0.05, 0.1) is 21.1 Å². The molecule has 0 aliphatic carbocycles. The van der Waals surface area contributed by atoms with Crippen molar-refractivity contribution in [1.82, 2.24) is 0 Å². The number of rotatable bonds is 5. The van der Waals surface area contributed by atoms with Gasteiger partial charge in [0.1, 0.15) is 12.6 Å². The zero-order chi connectivity index (χ0) is 17.3. The summed E-state index contributed by atoms with van der Waals surface area (Å²) in [5.41, 5.74) is 2.81. The number of quaternary nitrogens is 1. The van der Waals surface area contributed by atoms with E-state index in [2.05, 4.69) is 20.8 Å². The molecule has 5 nitrogen and oxygen atoms in total. The Kier molecular flexibility index (Phi) is 5.64. The normalized spacial score (nSPS) is 15.0. The van der Waals surface area contributed by atoms with E-state index >= 15 is 0 Å². The fourth-order valence-corrected chi connectivity index (χ4v) is 2.99. The summed E-state index contributed by atoms with van der Waals surface area (Å²) >= 11 is 0. The Labute approximate surface area is 133 Å². The number of phosphoric ester groups is 1. The van der Waals surface area contributed by atoms with Crippen LogP contribution in [0, 0.1) is 6.92 Å². The van der Waals surface area contributed by atoms with Crippen LogP contribution in [-0.2, 0) is 14.5 Å². The summed E-state index contributed by atoms with van der Waals surface area (Å²) in [7, 11) is 1.35. The molecule has 22 heavy (non-hydrogen) atoms. The molecule has 0 amide bonds. The summed E-state index contributed by atoms with van der Waals surface area (Å²) < 4.78 is 17.1. The molecule has 0 aromatic heterocycles. The Morgan fingerprint density at radius 3 is 2.18 bits per heavy atom. The lowest BCUT2D eigenvalue weighted by Crippen LogP contribution is -2.39. The van der Waals surface area contributed by atoms with Gasteiger partial charge in [0.25, 0.3) is 0 Å². The molecule has 0 bridgehead atoms. The van der Waals surface area contributed by atoms with Crippen LogP contribution in [0.4, 0.5) is 0 Å². The quantitative estimate of drug-likeness (QED) is 0.643. The molecule has 0 spiro atoms. The number of likely N-dealkylation sites (N-methyl/N-ethyl adjacent to an activating group) is 1. The van der Waals surface area contributed by atoms with Crippen molar-refractivity contribution in [3.63, 3.8) is 0 Å². The molecule has 0 heterocycles. The number of aryl methyl sites for hydroxylation is 1. The minimum absolute atomic E-state index is 0.134. The van der Waals surface area contributed by atoms with Gasteiger partial charge >= 0.3 is 7.82 Å². The van der Waals surface area contributed by atoms with Crippen LogP contribution in [0.2, 0.25) is 0 Å². The van der Waals surface area contributed by atoms with Gasteiger partial charge in [-0.15, -0.1) is 0 Å². The van der Waals surface area contributed by atoms with Gasteiger partial charge in [-0.3, -0.25) is 4.52 Å². The van der Waals surface area contributed by atoms with Crippen molar-refractivity contribution in [2.45, 2.75) is 39.2 Å². The maximum Gasteiger partial charge on any atom is 0.470 e. The van der Waals surface area contributed by atoms with E-state index < -0.39 is 13.9 Å². The van der Waals surface area contributed by atoms with Crippen LogP contribution in [0.15, 0.2) is 18.2 Å². The molecule has 2 N–H and O–H groups in total. The second-order valence-corrected chi connectivity index (χ2v) is 9.09. The Bertz CT molecular complexity index is 566. The lowest BCUT2D eigenvalue weighted by molar-refractivity contribution is -0.874. The third kappa shape index (κ3) is 6.19. The zero-order valence-corrected chi connectivity index (χ0v) is 15.5. The Hall–Kier alpha value is -0.710. The van der Waals surface area contributed by atoms with Crippen LogP contribution >= 0.6 is 7.82 Å². The first kappa shape index (κ1) is 19.3. The molecule has 0 fully saturated rings. The number of hydrogen-bond acceptors (Lipinski definition) is 2. The molecule has 0 saturated heterocycles. The number of benzene rings is 1. The topological polar surface area (TPSA) is 66.8 Å². The van der Waals surface area contributed by atoms with Crippen LogP contribution in [0.3, 0.4) is 0 Å². The van der Waals surface area contributed by atoms with Crippen molar-refractivity contribution >= 4 is 7.82 Å². The molecule has 1 atom stereocenters. The van der Waals surface area contributed by atoms with Crippen molar-refractivity contribution in [2.24, 2.45) is 0 Å². The number of phosphoric acid groups is 1. The molecular weight excluding hydrogens is 301 g/mol. The molecule has 6 heteroatoms. The first-order chi connectivity index (χ1) is 9.69. The van der Waals surface area contributed by atoms with Crippen LogP contribution < -0.4 is 0 Å². The molecule has 1 aromatic rings. The first-order valence-corrected chi connectivity index (χ1v) is 8.87. The van der Waals surface area contributed by atoms with Gasteiger partial charge in [-0.05, 0) is 23.5 Å². The summed E-state index contributed by atoms with van der Waals surface area (Å²) in [6.45, 7) is 8.69. The van der Waals surface area contributed by atoms with Gasteiger partial charge in [0.2, 0.25) is 0 Å². The van der Waals surface area contributed by atoms with Crippen molar-refractivity contribution < 1.29 is 23.4 Å². The van der Waals surface area contributed by atoms with E-state index in [0.717, 1.165) is 16.7 Å². The molecule has 0 aliphatic rings. The Morgan fingerprint density at radius 2 is 1.77 bits per heavy atom. The van der Waals surface area contributed by atoms with Gasteiger partial charge < -0.3 is 14.3 Å². The molecule has 126 valence electrons. The van der Waals surface area contributed by atoms with Crippen LogP contribution in [0.1, 0.15) is 43.6 Å². The molecule has 0 aliphatic heterocycles. The third-order valence-electron chi connectivity index (χ3n) is 3.34. The van der Waals surface area contributed by atoms with E-state index in [1.165, 1.54) is 0 Å². The Morgan fingerprint density at radius 1 is 1.23 bits per heavy atom. The van der Waals surface area contributed by atoms with Gasteiger partial charge in [0, 0.05) is 0 Å². The lowest BCUT2D eigenvalue weighted by Gasteiger charge is -2.32. The molecule has 0 radical (unpaired) electrons. The summed E-state index contributed by atoms with van der Waals surface area (Å²) in [6, 6.07) is 6.01. The number of nitrogens with zero attached hydrogens (tertiary/aromatic N) is 1. The fraction of sp³-hybridized carbons (Fsp3) is 0.625. The van der Waals surface area contributed by atoms with Gasteiger partial charge in [-0.25, -0.2) is 4.57 Å². The summed E-state index contributed by atoms with van der Waals surface area (Å²) in [5, 5.41) is 0. The average molecular weight is 330 g/mol. The zero-order valence-electron chi connectivity index (χ0n) is 14.6. The predicted molar refractivity (Wildman–Crippen MR) is 88.6 cm³/mol. The van der Waals surface area contributed by atoms with Gasteiger partial charge in [-0.1, -0.05) is 44.5 Å². The predicted octanol–water partition coefficient (Wildman–Crippen LogP) is 3.15. The summed E-state index contributed by atoms with van der Waals surface area (Å²) in [6.07, 6.45) is -0.657. The van der Waals surface area contributed by atoms with Crippen LogP contribution in [-0.4, -0.2) is 42.0 Å². The van der Waals surface area contributed by atoms with E-state index in [9.17, 15) is 14.4 Å². The highest BCUT2D eigenvalue weighted by atomic mass is 31.2. The second-order valence-electron chi connectivity index (χ2n) is 7.90. The molecule has 1 rings (SSSR count). The van der Waals surface area contributed by atoms with Crippen molar-refractivity contribution in [3.8, 4) is 0 Å². The monoisotopic (exact) mass is 330 g/mol. The molecule has 1 aromatic carbocycles. The van der Waals surface area contributed by atoms with Gasteiger partial charge in [-0.2, -0.15) is 0 Å². The van der Waals surface area contributed by atoms with Crippen LogP contribution in [0.25, 0.3) is 0 Å². The summed E-state index contributed by atoms with van der Waals surface area (Å²) in [5.74, 6) is 0. The first-order valence-electron chi connectivity index (χ1n) is 7.34. The van der Waals surface area contributed by atoms with E-state index in [0.29, 0.717) is 11.0 Å². The Balaban J connectivity index is 3.41. The van der Waals surface area contributed by atoms with Crippen LogP contribution in [0.5, 0.6) is 0 Å². The van der Waals surface area contributed by atoms with E-state index in [4.69, 9.17) is 4.52 Å². The van der Waals surface area contributed by atoms with Crippen molar-refractivity contribution in [3.05, 3.63) is 34.9 Å². The highest BCUT2D eigenvalue weighted by Gasteiger charge is 2.32. The smallest absolute Gasteiger partial charge is 0.328 e. The minimum Gasteiger partial charge on any atom is -0.328 e. The minimum atomic E-state index is -4.57. The molecule has 0 saturated carbocycles. The molecule has 1 unspecified atom stereocenters. The largest absolute Gasteiger partial charge is 0.470 e. The highest BCUT2D eigenvalue weighted by molar-refractivity contribution is 7.46. The SMILES string of the molecule is Cc1ccc(C(C)(C)C)c(C(C[N+](C)(C)C)OP(=O)(O)O)c1. The maximum atomic E-state index is 11.4. The van der Waals surface area contributed by atoms with E-state index in [1.807, 2.05) is 46.3 Å². The molecular formula is C16H29NO4P+. The van der Waals surface area contributed by atoms with Crippen molar-refractivity contribution in [2.75, 3.05) is 27.7 Å². The van der Waals surface area contributed by atoms with Crippen molar-refractivity contribution in [1.29, 1.82) is 0 Å². The van der Waals surface area contributed by atoms with Gasteiger partial charge in [0.15, 0.2) is 0 Å². The maximum absolute atomic E-state index is 11.4. The van der Waals surface area contributed by atoms with E-state index in [-0.39, 0.29) is 5.41 Å².